The SMILES string of the molecule is C[n+]1cn(C(C)(C)C)c2ccccc21. The van der Waals surface area contributed by atoms with Crippen molar-refractivity contribution in [3.8, 4) is 0 Å². The second kappa shape index (κ2) is 2.84. The molecule has 14 heavy (non-hydrogen) atoms. The first-order chi connectivity index (χ1) is 6.50. The fourth-order valence-electron chi connectivity index (χ4n) is 1.80. The predicted molar refractivity (Wildman–Crippen MR) is 58.1 cm³/mol. The average Bonchev–Trinajstić information content (AvgIpc) is 2.44. The Morgan fingerprint density at radius 3 is 2.43 bits per heavy atom. The van der Waals surface area contributed by atoms with Crippen LogP contribution in [-0.4, -0.2) is 4.57 Å². The number of para-hydroxylation sites is 2. The van der Waals surface area contributed by atoms with E-state index in [9.17, 15) is 0 Å². The van der Waals surface area contributed by atoms with E-state index in [-0.39, 0.29) is 5.54 Å². The monoisotopic (exact) mass is 189 g/mol. The van der Waals surface area contributed by atoms with Crippen LogP contribution < -0.4 is 4.57 Å². The van der Waals surface area contributed by atoms with Crippen LogP contribution in [0.2, 0.25) is 0 Å². The van der Waals surface area contributed by atoms with Gasteiger partial charge in [-0.1, -0.05) is 12.1 Å². The Morgan fingerprint density at radius 1 is 1.14 bits per heavy atom. The lowest BCUT2D eigenvalue weighted by atomic mass is 10.1. The number of nitrogens with zero attached hydrogens (tertiary/aromatic N) is 2. The molecule has 2 aromatic rings. The molecular weight excluding hydrogens is 172 g/mol. The molecule has 1 heterocycles. The van der Waals surface area contributed by atoms with Crippen LogP contribution in [0.15, 0.2) is 30.6 Å². The maximum absolute atomic E-state index is 2.31. The van der Waals surface area contributed by atoms with Crippen LogP contribution in [0.1, 0.15) is 20.8 Å². The second-order valence-corrected chi connectivity index (χ2v) is 4.76. The lowest BCUT2D eigenvalue weighted by molar-refractivity contribution is -0.646. The summed E-state index contributed by atoms with van der Waals surface area (Å²) in [5.41, 5.74) is 2.71. The molecule has 74 valence electrons. The van der Waals surface area contributed by atoms with Crippen LogP contribution in [-0.2, 0) is 12.6 Å². The Kier molecular flexibility index (Phi) is 1.88. The number of rotatable bonds is 0. The first kappa shape index (κ1) is 9.25. The van der Waals surface area contributed by atoms with Crippen molar-refractivity contribution in [3.63, 3.8) is 0 Å². The second-order valence-electron chi connectivity index (χ2n) is 4.76. The number of benzene rings is 1. The van der Waals surface area contributed by atoms with Gasteiger partial charge in [0.05, 0.1) is 7.05 Å². The minimum absolute atomic E-state index is 0.140. The molecule has 1 aromatic carbocycles. The number of hydrogen-bond donors (Lipinski definition) is 0. The summed E-state index contributed by atoms with van der Waals surface area (Å²) < 4.78 is 4.48. The van der Waals surface area contributed by atoms with E-state index in [1.807, 2.05) is 0 Å². The number of hydrogen-bond acceptors (Lipinski definition) is 0. The molecule has 1 aromatic heterocycles. The van der Waals surface area contributed by atoms with E-state index in [0.29, 0.717) is 0 Å². The van der Waals surface area contributed by atoms with Crippen LogP contribution in [0.3, 0.4) is 0 Å². The number of aromatic nitrogens is 2. The van der Waals surface area contributed by atoms with Gasteiger partial charge in [-0.25, -0.2) is 9.13 Å². The van der Waals surface area contributed by atoms with Gasteiger partial charge in [0.1, 0.15) is 5.54 Å². The Balaban J connectivity index is 2.80. The predicted octanol–water partition coefficient (Wildman–Crippen LogP) is 2.22. The lowest BCUT2D eigenvalue weighted by Crippen LogP contribution is -2.28. The Bertz CT molecular complexity index is 461. The minimum atomic E-state index is 0.140. The summed E-state index contributed by atoms with van der Waals surface area (Å²) in [5, 5.41) is 0. The summed E-state index contributed by atoms with van der Waals surface area (Å²) >= 11 is 0. The summed E-state index contributed by atoms with van der Waals surface area (Å²) in [5.74, 6) is 0. The number of aryl methyl sites for hydroxylation is 1. The highest BCUT2D eigenvalue weighted by Crippen LogP contribution is 2.19. The zero-order valence-electron chi connectivity index (χ0n) is 9.28. The fraction of sp³-hybridized carbons (Fsp3) is 0.417. The van der Waals surface area contributed by atoms with Gasteiger partial charge in [-0.15, -0.1) is 0 Å². The normalized spacial score (nSPS) is 12.3. The molecule has 0 spiro atoms. The molecule has 0 atom stereocenters. The van der Waals surface area contributed by atoms with Gasteiger partial charge >= 0.3 is 0 Å². The van der Waals surface area contributed by atoms with Gasteiger partial charge in [0.2, 0.25) is 6.33 Å². The molecule has 0 unspecified atom stereocenters. The molecule has 0 aliphatic carbocycles. The third kappa shape index (κ3) is 1.31. The third-order valence-corrected chi connectivity index (χ3v) is 2.53. The quantitative estimate of drug-likeness (QED) is 0.562. The highest BCUT2D eigenvalue weighted by molar-refractivity contribution is 5.71. The number of fused-ring (bicyclic) bond motifs is 1. The maximum atomic E-state index is 2.31. The average molecular weight is 189 g/mol. The summed E-state index contributed by atoms with van der Waals surface area (Å²) in [6.07, 6.45) is 2.16. The van der Waals surface area contributed by atoms with Crippen molar-refractivity contribution in [3.05, 3.63) is 30.6 Å². The molecule has 0 amide bonds. The van der Waals surface area contributed by atoms with Gasteiger partial charge in [-0.2, -0.15) is 0 Å². The smallest absolute Gasteiger partial charge is 0.233 e. The Morgan fingerprint density at radius 2 is 1.79 bits per heavy atom. The van der Waals surface area contributed by atoms with Crippen molar-refractivity contribution in [2.75, 3.05) is 0 Å². The van der Waals surface area contributed by atoms with Crippen molar-refractivity contribution in [2.45, 2.75) is 26.3 Å². The van der Waals surface area contributed by atoms with E-state index >= 15 is 0 Å². The molecule has 0 saturated carbocycles. The van der Waals surface area contributed by atoms with Crippen LogP contribution in [0, 0.1) is 0 Å². The van der Waals surface area contributed by atoms with Gasteiger partial charge < -0.3 is 0 Å². The fourth-order valence-corrected chi connectivity index (χ4v) is 1.80. The minimum Gasteiger partial charge on any atom is -0.233 e. The molecule has 2 nitrogen and oxygen atoms in total. The molecule has 2 heteroatoms. The first-order valence-electron chi connectivity index (χ1n) is 4.96. The third-order valence-electron chi connectivity index (χ3n) is 2.53. The van der Waals surface area contributed by atoms with Gasteiger partial charge in [-0.05, 0) is 32.9 Å². The van der Waals surface area contributed by atoms with E-state index in [2.05, 4.69) is 67.5 Å². The van der Waals surface area contributed by atoms with Crippen LogP contribution in [0.4, 0.5) is 0 Å². The van der Waals surface area contributed by atoms with Crippen molar-refractivity contribution >= 4 is 11.0 Å². The lowest BCUT2D eigenvalue weighted by Gasteiger charge is -2.14. The highest BCUT2D eigenvalue weighted by Gasteiger charge is 2.23. The zero-order valence-corrected chi connectivity index (χ0v) is 9.28. The Labute approximate surface area is 84.8 Å². The van der Waals surface area contributed by atoms with E-state index < -0.39 is 0 Å². The highest BCUT2D eigenvalue weighted by atomic mass is 15.2. The maximum Gasteiger partial charge on any atom is 0.244 e. The van der Waals surface area contributed by atoms with Crippen molar-refractivity contribution in [1.29, 1.82) is 0 Å². The van der Waals surface area contributed by atoms with Gasteiger partial charge in [0.15, 0.2) is 11.0 Å². The topological polar surface area (TPSA) is 8.81 Å². The number of imidazole rings is 1. The molecule has 0 N–H and O–H groups in total. The van der Waals surface area contributed by atoms with Crippen molar-refractivity contribution in [1.82, 2.24) is 4.57 Å². The summed E-state index contributed by atoms with van der Waals surface area (Å²) in [6.45, 7) is 6.66. The largest absolute Gasteiger partial charge is 0.244 e. The Hall–Kier alpha value is -1.31. The van der Waals surface area contributed by atoms with E-state index in [4.69, 9.17) is 0 Å². The van der Waals surface area contributed by atoms with Gasteiger partial charge in [0, 0.05) is 0 Å². The van der Waals surface area contributed by atoms with E-state index in [1.54, 1.807) is 0 Å². The standard InChI is InChI=1S/C12H17N2/c1-12(2,3)14-9-13(4)10-7-5-6-8-11(10)14/h5-9H,1-4H3/q+1. The van der Waals surface area contributed by atoms with E-state index in [1.165, 1.54) is 11.0 Å². The first-order valence-corrected chi connectivity index (χ1v) is 4.96. The molecule has 0 aliphatic rings. The molecule has 0 aliphatic heterocycles. The van der Waals surface area contributed by atoms with Crippen LogP contribution in [0.25, 0.3) is 11.0 Å². The zero-order chi connectivity index (χ0) is 10.3. The summed E-state index contributed by atoms with van der Waals surface area (Å²) in [6, 6.07) is 8.48. The van der Waals surface area contributed by atoms with E-state index in [0.717, 1.165) is 0 Å². The molecule has 0 saturated heterocycles. The van der Waals surface area contributed by atoms with Crippen molar-refractivity contribution < 1.29 is 4.57 Å². The molecule has 0 bridgehead atoms. The van der Waals surface area contributed by atoms with Crippen molar-refractivity contribution in [2.24, 2.45) is 7.05 Å². The van der Waals surface area contributed by atoms with Gasteiger partial charge in [0.25, 0.3) is 0 Å². The summed E-state index contributed by atoms with van der Waals surface area (Å²) in [4.78, 5) is 0. The van der Waals surface area contributed by atoms with Crippen LogP contribution in [0.5, 0.6) is 0 Å². The van der Waals surface area contributed by atoms with Crippen LogP contribution >= 0.6 is 0 Å². The summed E-state index contributed by atoms with van der Waals surface area (Å²) in [7, 11) is 2.09. The molecular formula is C12H17N2+. The van der Waals surface area contributed by atoms with Gasteiger partial charge in [-0.3, -0.25) is 0 Å². The molecule has 0 fully saturated rings. The molecule has 2 rings (SSSR count). The molecule has 0 radical (unpaired) electrons.